The minimum Gasteiger partial charge on any atom is -0.289 e. The molecule has 0 spiro atoms. The molecule has 0 aliphatic carbocycles. The van der Waals surface area contributed by atoms with Gasteiger partial charge in [0.25, 0.3) is 5.56 Å². The first-order chi connectivity index (χ1) is 8.25. The van der Waals surface area contributed by atoms with Gasteiger partial charge < -0.3 is 0 Å². The van der Waals surface area contributed by atoms with Gasteiger partial charge in [-0.2, -0.15) is 5.10 Å². The molecule has 2 aromatic rings. The van der Waals surface area contributed by atoms with Crippen LogP contribution in [0.5, 0.6) is 0 Å². The number of nitrogens with one attached hydrogen (secondary N) is 1. The summed E-state index contributed by atoms with van der Waals surface area (Å²) in [4.78, 5) is 22.7. The van der Waals surface area contributed by atoms with Crippen molar-refractivity contribution in [2.24, 2.45) is 0 Å². The molecule has 84 valence electrons. The third-order valence-electron chi connectivity index (χ3n) is 2.18. The van der Waals surface area contributed by atoms with Crippen LogP contribution in [0.4, 0.5) is 0 Å². The zero-order valence-corrected chi connectivity index (χ0v) is 8.96. The summed E-state index contributed by atoms with van der Waals surface area (Å²) in [7, 11) is 0. The second-order valence-corrected chi connectivity index (χ2v) is 3.44. The fourth-order valence-electron chi connectivity index (χ4n) is 1.34. The quantitative estimate of drug-likeness (QED) is 0.639. The maximum Gasteiger partial charge on any atom is 0.264 e. The van der Waals surface area contributed by atoms with Crippen molar-refractivity contribution < 1.29 is 4.79 Å². The average molecular weight is 226 g/mol. The lowest BCUT2D eigenvalue weighted by molar-refractivity contribution is 0.104. The molecule has 0 radical (unpaired) electrons. The maximum absolute atomic E-state index is 11.7. The molecule has 17 heavy (non-hydrogen) atoms. The summed E-state index contributed by atoms with van der Waals surface area (Å²) in [6, 6.07) is 10.7. The molecule has 1 aromatic heterocycles. The number of allylic oxidation sites excluding steroid dienone is 1. The molecular formula is C13H10N2O2. The molecule has 0 unspecified atom stereocenters. The number of aromatic amines is 1. The SMILES string of the molecule is O=C(/C=C/c1ccccc1)c1cn[nH]c(=O)c1. The van der Waals surface area contributed by atoms with Gasteiger partial charge in [-0.05, 0) is 11.6 Å². The summed E-state index contributed by atoms with van der Waals surface area (Å²) in [5, 5.41) is 5.79. The van der Waals surface area contributed by atoms with E-state index in [1.807, 2.05) is 30.3 Å². The number of hydrogen-bond donors (Lipinski definition) is 1. The first kappa shape index (κ1) is 11.0. The Labute approximate surface area is 97.6 Å². The summed E-state index contributed by atoms with van der Waals surface area (Å²) in [5.41, 5.74) is 0.823. The van der Waals surface area contributed by atoms with E-state index in [9.17, 15) is 9.59 Å². The van der Waals surface area contributed by atoms with Gasteiger partial charge in [0.2, 0.25) is 0 Å². The lowest BCUT2D eigenvalue weighted by Crippen LogP contribution is -2.09. The van der Waals surface area contributed by atoms with E-state index >= 15 is 0 Å². The number of H-pyrrole nitrogens is 1. The lowest BCUT2D eigenvalue weighted by atomic mass is 10.1. The highest BCUT2D eigenvalue weighted by Gasteiger charge is 2.02. The molecule has 2 rings (SSSR count). The van der Waals surface area contributed by atoms with Gasteiger partial charge in [-0.3, -0.25) is 9.59 Å². The number of nitrogens with zero attached hydrogens (tertiary/aromatic N) is 1. The lowest BCUT2D eigenvalue weighted by Gasteiger charge is -1.93. The fraction of sp³-hybridized carbons (Fsp3) is 0. The zero-order chi connectivity index (χ0) is 12.1. The molecule has 1 N–H and O–H groups in total. The fourth-order valence-corrected chi connectivity index (χ4v) is 1.34. The molecule has 0 aliphatic rings. The first-order valence-electron chi connectivity index (χ1n) is 5.08. The molecule has 0 saturated heterocycles. The van der Waals surface area contributed by atoms with Gasteiger partial charge >= 0.3 is 0 Å². The maximum atomic E-state index is 11.7. The highest BCUT2D eigenvalue weighted by atomic mass is 16.1. The van der Waals surface area contributed by atoms with Crippen molar-refractivity contribution in [3.63, 3.8) is 0 Å². The third kappa shape index (κ3) is 2.98. The Bertz CT molecular complexity index is 600. The molecule has 0 atom stereocenters. The highest BCUT2D eigenvalue weighted by Crippen LogP contribution is 2.03. The normalized spacial score (nSPS) is 10.6. The average Bonchev–Trinajstić information content (AvgIpc) is 2.37. The van der Waals surface area contributed by atoms with E-state index in [1.54, 1.807) is 6.08 Å². The Balaban J connectivity index is 2.18. The van der Waals surface area contributed by atoms with Crippen LogP contribution in [-0.4, -0.2) is 16.0 Å². The summed E-state index contributed by atoms with van der Waals surface area (Å²) in [6.07, 6.45) is 4.45. The van der Waals surface area contributed by atoms with Crippen molar-refractivity contribution in [2.45, 2.75) is 0 Å². The van der Waals surface area contributed by atoms with Gasteiger partial charge in [0.15, 0.2) is 5.78 Å². The largest absolute Gasteiger partial charge is 0.289 e. The van der Waals surface area contributed by atoms with Gasteiger partial charge in [-0.15, -0.1) is 0 Å². The number of aromatic nitrogens is 2. The van der Waals surface area contributed by atoms with Crippen LogP contribution in [0.1, 0.15) is 15.9 Å². The Hall–Kier alpha value is -2.49. The highest BCUT2D eigenvalue weighted by molar-refractivity contribution is 6.06. The van der Waals surface area contributed by atoms with Crippen molar-refractivity contribution in [1.29, 1.82) is 0 Å². The van der Waals surface area contributed by atoms with Gasteiger partial charge in [0.1, 0.15) is 0 Å². The second kappa shape index (κ2) is 5.03. The van der Waals surface area contributed by atoms with E-state index in [0.717, 1.165) is 5.56 Å². The van der Waals surface area contributed by atoms with E-state index in [-0.39, 0.29) is 16.9 Å². The third-order valence-corrected chi connectivity index (χ3v) is 2.18. The minimum absolute atomic E-state index is 0.243. The molecule has 0 aliphatic heterocycles. The van der Waals surface area contributed by atoms with E-state index in [0.29, 0.717) is 0 Å². The van der Waals surface area contributed by atoms with Gasteiger partial charge in [-0.25, -0.2) is 5.10 Å². The predicted octanol–water partition coefficient (Wildman–Crippen LogP) is 1.67. The van der Waals surface area contributed by atoms with Crippen LogP contribution in [0.3, 0.4) is 0 Å². The van der Waals surface area contributed by atoms with Crippen LogP contribution in [0.2, 0.25) is 0 Å². The van der Waals surface area contributed by atoms with Crippen LogP contribution in [0.25, 0.3) is 6.08 Å². The smallest absolute Gasteiger partial charge is 0.264 e. The van der Waals surface area contributed by atoms with Crippen molar-refractivity contribution in [1.82, 2.24) is 10.2 Å². The summed E-state index contributed by atoms with van der Waals surface area (Å²) in [5.74, 6) is -0.243. The molecule has 0 saturated carbocycles. The second-order valence-electron chi connectivity index (χ2n) is 3.44. The van der Waals surface area contributed by atoms with Crippen LogP contribution in [0, 0.1) is 0 Å². The minimum atomic E-state index is -0.385. The van der Waals surface area contributed by atoms with Gasteiger partial charge in [0, 0.05) is 11.6 Å². The van der Waals surface area contributed by atoms with E-state index in [4.69, 9.17) is 0 Å². The van der Waals surface area contributed by atoms with Crippen molar-refractivity contribution in [3.05, 3.63) is 70.2 Å². The Morgan fingerprint density at radius 2 is 2.00 bits per heavy atom. The van der Waals surface area contributed by atoms with Crippen LogP contribution in [0.15, 0.2) is 53.5 Å². The molecule has 1 heterocycles. The Morgan fingerprint density at radius 1 is 1.24 bits per heavy atom. The van der Waals surface area contributed by atoms with Crippen molar-refractivity contribution in [2.75, 3.05) is 0 Å². The van der Waals surface area contributed by atoms with E-state index in [2.05, 4.69) is 10.2 Å². The first-order valence-corrected chi connectivity index (χ1v) is 5.08. The predicted molar refractivity (Wildman–Crippen MR) is 64.7 cm³/mol. The molecule has 4 heteroatoms. The van der Waals surface area contributed by atoms with Crippen molar-refractivity contribution in [3.8, 4) is 0 Å². The summed E-state index contributed by atoms with van der Waals surface area (Å²) >= 11 is 0. The molecule has 1 aromatic carbocycles. The zero-order valence-electron chi connectivity index (χ0n) is 8.96. The van der Waals surface area contributed by atoms with Crippen LogP contribution in [-0.2, 0) is 0 Å². The number of carbonyl (C=O) groups is 1. The molecule has 0 fully saturated rings. The van der Waals surface area contributed by atoms with Gasteiger partial charge in [0.05, 0.1) is 6.20 Å². The number of hydrogen-bond acceptors (Lipinski definition) is 3. The van der Waals surface area contributed by atoms with Crippen molar-refractivity contribution >= 4 is 11.9 Å². The molecule has 4 nitrogen and oxygen atoms in total. The number of benzene rings is 1. The summed E-state index contributed by atoms with van der Waals surface area (Å²) < 4.78 is 0. The molecular weight excluding hydrogens is 216 g/mol. The number of rotatable bonds is 3. The summed E-state index contributed by atoms with van der Waals surface area (Å²) in [6.45, 7) is 0. The standard InChI is InChI=1S/C13H10N2O2/c16-12(11-8-13(17)15-14-9-11)7-6-10-4-2-1-3-5-10/h1-9H,(H,15,17)/b7-6+. The topological polar surface area (TPSA) is 62.8 Å². The van der Waals surface area contributed by atoms with Crippen LogP contribution < -0.4 is 5.56 Å². The molecule has 0 amide bonds. The number of ketones is 1. The number of carbonyl (C=O) groups excluding carboxylic acids is 1. The van der Waals surface area contributed by atoms with E-state index < -0.39 is 0 Å². The monoisotopic (exact) mass is 226 g/mol. The Morgan fingerprint density at radius 3 is 2.71 bits per heavy atom. The van der Waals surface area contributed by atoms with E-state index in [1.165, 1.54) is 18.3 Å². The molecule has 0 bridgehead atoms. The Kier molecular flexibility index (Phi) is 3.25. The van der Waals surface area contributed by atoms with Gasteiger partial charge in [-0.1, -0.05) is 36.4 Å². The van der Waals surface area contributed by atoms with Crippen LogP contribution >= 0.6 is 0 Å².